The van der Waals surface area contributed by atoms with E-state index < -0.39 is 60.4 Å². The monoisotopic (exact) mass is 889 g/mol. The Labute approximate surface area is 377 Å². The van der Waals surface area contributed by atoms with Crippen LogP contribution in [0.2, 0.25) is 0 Å². The smallest absolute Gasteiger partial charge is 0.307 e. The van der Waals surface area contributed by atoms with Crippen molar-refractivity contribution < 1.29 is 56.5 Å². The highest BCUT2D eigenvalue weighted by Crippen LogP contribution is 2.33. The number of carbonyl (C=O) groups is 5. The lowest BCUT2D eigenvalue weighted by Crippen LogP contribution is -2.45. The summed E-state index contributed by atoms with van der Waals surface area (Å²) in [6.45, 7) is 11.9. The van der Waals surface area contributed by atoms with Crippen LogP contribution in [0.25, 0.3) is 0 Å². The Morgan fingerprint density at radius 1 is 0.524 bits per heavy atom. The molecule has 0 saturated heterocycles. The number of aromatic nitrogens is 2. The SMILES string of the molecule is CCCCCCCCCCCC(=O)OC(c1cnco1)c1nc(C(CC(OC(=O)CCCCC)C(OC(=O)CCCCC)C(C)OC(=O)CCCCC)OC(=O)CCCCC)co1. The molecule has 0 aliphatic carbocycles. The zero-order valence-electron chi connectivity index (χ0n) is 39.5. The number of hydrogen-bond donors (Lipinski definition) is 0. The molecule has 0 aliphatic rings. The van der Waals surface area contributed by atoms with E-state index in [2.05, 4.69) is 16.9 Å². The van der Waals surface area contributed by atoms with Gasteiger partial charge in [-0.15, -0.1) is 0 Å². The van der Waals surface area contributed by atoms with Crippen molar-refractivity contribution in [1.29, 1.82) is 0 Å². The van der Waals surface area contributed by atoms with Gasteiger partial charge in [0.1, 0.15) is 24.2 Å². The van der Waals surface area contributed by atoms with Gasteiger partial charge >= 0.3 is 29.8 Å². The van der Waals surface area contributed by atoms with E-state index in [1.54, 1.807) is 6.92 Å². The van der Waals surface area contributed by atoms with Gasteiger partial charge in [0, 0.05) is 38.5 Å². The van der Waals surface area contributed by atoms with Crippen LogP contribution >= 0.6 is 0 Å². The highest BCUT2D eigenvalue weighted by atomic mass is 16.6. The molecule has 2 rings (SSSR count). The lowest BCUT2D eigenvalue weighted by atomic mass is 10.00. The zero-order valence-corrected chi connectivity index (χ0v) is 39.5. The molecule has 0 radical (unpaired) electrons. The summed E-state index contributed by atoms with van der Waals surface area (Å²) in [6, 6.07) is 0. The Morgan fingerprint density at radius 2 is 0.952 bits per heavy atom. The van der Waals surface area contributed by atoms with Crippen LogP contribution in [0, 0.1) is 0 Å². The minimum absolute atomic E-state index is 0.0457. The van der Waals surface area contributed by atoms with E-state index in [-0.39, 0.29) is 55.9 Å². The Balaban J connectivity index is 2.49. The highest BCUT2D eigenvalue weighted by Gasteiger charge is 2.40. The molecule has 2 aromatic rings. The Kier molecular flexibility index (Phi) is 29.8. The molecular formula is C49H80N2O12. The van der Waals surface area contributed by atoms with E-state index in [1.807, 2.05) is 27.7 Å². The van der Waals surface area contributed by atoms with Crippen LogP contribution in [-0.4, -0.2) is 58.1 Å². The number of carbonyl (C=O) groups excluding carboxylic acids is 5. The van der Waals surface area contributed by atoms with Crippen LogP contribution in [0.4, 0.5) is 0 Å². The average molecular weight is 889 g/mol. The van der Waals surface area contributed by atoms with Crippen molar-refractivity contribution in [3.8, 4) is 0 Å². The molecular weight excluding hydrogens is 809 g/mol. The second-order valence-electron chi connectivity index (χ2n) is 16.7. The second kappa shape index (κ2) is 34.2. The van der Waals surface area contributed by atoms with E-state index in [4.69, 9.17) is 32.5 Å². The van der Waals surface area contributed by atoms with E-state index >= 15 is 0 Å². The third-order valence-electron chi connectivity index (χ3n) is 10.9. The third-order valence-corrected chi connectivity index (χ3v) is 10.9. The van der Waals surface area contributed by atoms with Crippen LogP contribution < -0.4 is 0 Å². The molecule has 358 valence electrons. The fourth-order valence-electron chi connectivity index (χ4n) is 7.15. The van der Waals surface area contributed by atoms with Gasteiger partial charge in [0.15, 0.2) is 24.4 Å². The number of ether oxygens (including phenoxy) is 5. The summed E-state index contributed by atoms with van der Waals surface area (Å²) in [5.41, 5.74) is 0.137. The quantitative estimate of drug-likeness (QED) is 0.0352. The number of nitrogens with zero attached hydrogens (tertiary/aromatic N) is 2. The molecule has 0 aromatic carbocycles. The summed E-state index contributed by atoms with van der Waals surface area (Å²) in [6.07, 6.45) is 17.6. The van der Waals surface area contributed by atoms with Crippen molar-refractivity contribution >= 4 is 29.8 Å². The molecule has 2 heterocycles. The summed E-state index contributed by atoms with van der Waals surface area (Å²) < 4.78 is 41.5. The molecule has 0 amide bonds. The van der Waals surface area contributed by atoms with Gasteiger partial charge in [-0.25, -0.2) is 9.97 Å². The summed E-state index contributed by atoms with van der Waals surface area (Å²) in [5.74, 6) is -2.40. The second-order valence-corrected chi connectivity index (χ2v) is 16.7. The normalized spacial score (nSPS) is 13.7. The first kappa shape index (κ1) is 54.9. The van der Waals surface area contributed by atoms with Crippen LogP contribution in [0.3, 0.4) is 0 Å². The molecule has 5 unspecified atom stereocenters. The molecule has 0 saturated carbocycles. The predicted molar refractivity (Wildman–Crippen MR) is 238 cm³/mol. The molecule has 2 aromatic heterocycles. The fraction of sp³-hybridized carbons (Fsp3) is 0.776. The van der Waals surface area contributed by atoms with Crippen LogP contribution in [0.15, 0.2) is 27.7 Å². The number of oxazole rings is 2. The van der Waals surface area contributed by atoms with Gasteiger partial charge in [-0.2, -0.15) is 0 Å². The topological polar surface area (TPSA) is 184 Å². The van der Waals surface area contributed by atoms with E-state index in [0.717, 1.165) is 70.6 Å². The molecule has 0 bridgehead atoms. The van der Waals surface area contributed by atoms with Gasteiger partial charge < -0.3 is 32.5 Å². The summed E-state index contributed by atoms with van der Waals surface area (Å²) >= 11 is 0. The molecule has 14 heteroatoms. The van der Waals surface area contributed by atoms with Crippen molar-refractivity contribution in [2.24, 2.45) is 0 Å². The van der Waals surface area contributed by atoms with Crippen LogP contribution in [0.1, 0.15) is 244 Å². The van der Waals surface area contributed by atoms with Gasteiger partial charge in [-0.3, -0.25) is 24.0 Å². The minimum atomic E-state index is -1.25. The first-order chi connectivity index (χ1) is 30.6. The first-order valence-electron chi connectivity index (χ1n) is 24.4. The Morgan fingerprint density at radius 3 is 1.46 bits per heavy atom. The van der Waals surface area contributed by atoms with Gasteiger partial charge in [0.25, 0.3) is 0 Å². The lowest BCUT2D eigenvalue weighted by molar-refractivity contribution is -0.188. The minimum Gasteiger partial charge on any atom is -0.459 e. The number of hydrogen-bond acceptors (Lipinski definition) is 14. The molecule has 0 aliphatic heterocycles. The average Bonchev–Trinajstić information content (AvgIpc) is 3.98. The van der Waals surface area contributed by atoms with Gasteiger partial charge in [0.2, 0.25) is 12.0 Å². The maximum absolute atomic E-state index is 13.5. The maximum Gasteiger partial charge on any atom is 0.307 e. The Bertz CT molecular complexity index is 1530. The predicted octanol–water partition coefficient (Wildman–Crippen LogP) is 12.3. The van der Waals surface area contributed by atoms with Crippen LogP contribution in [-0.2, 0) is 47.7 Å². The van der Waals surface area contributed by atoms with Gasteiger partial charge in [0.05, 0.1) is 6.20 Å². The fourth-order valence-corrected chi connectivity index (χ4v) is 7.15. The molecule has 5 atom stereocenters. The first-order valence-corrected chi connectivity index (χ1v) is 24.4. The van der Waals surface area contributed by atoms with E-state index in [0.29, 0.717) is 32.1 Å². The number of rotatable bonds is 38. The summed E-state index contributed by atoms with van der Waals surface area (Å²) in [7, 11) is 0. The molecule has 14 nitrogen and oxygen atoms in total. The van der Waals surface area contributed by atoms with Crippen molar-refractivity contribution in [3.63, 3.8) is 0 Å². The molecule has 63 heavy (non-hydrogen) atoms. The molecule has 0 N–H and O–H groups in total. The van der Waals surface area contributed by atoms with Crippen molar-refractivity contribution in [2.75, 3.05) is 0 Å². The maximum atomic E-state index is 13.5. The van der Waals surface area contributed by atoms with Gasteiger partial charge in [-0.1, -0.05) is 137 Å². The van der Waals surface area contributed by atoms with E-state index in [1.165, 1.54) is 51.0 Å². The highest BCUT2D eigenvalue weighted by molar-refractivity contribution is 5.72. The Hall–Kier alpha value is -4.23. The van der Waals surface area contributed by atoms with Crippen molar-refractivity contribution in [2.45, 2.75) is 245 Å². The number of esters is 5. The zero-order chi connectivity index (χ0) is 46.1. The third kappa shape index (κ3) is 23.9. The van der Waals surface area contributed by atoms with Crippen molar-refractivity contribution in [3.05, 3.63) is 36.2 Å². The van der Waals surface area contributed by atoms with Crippen LogP contribution in [0.5, 0.6) is 0 Å². The van der Waals surface area contributed by atoms with Crippen molar-refractivity contribution in [1.82, 2.24) is 9.97 Å². The van der Waals surface area contributed by atoms with E-state index in [9.17, 15) is 24.0 Å². The largest absolute Gasteiger partial charge is 0.459 e. The standard InChI is InChI=1S/C49H80N2O12/c1-7-12-17-18-19-20-21-22-27-32-46(56)63-48(41-34-50-36-58-41)49-51-38(35-57-49)39(60-43(53)29-24-14-9-3)33-40(61-44(54)30-25-15-10-4)47(62-45(55)31-26-16-11-5)37(6)59-42(52)28-23-13-8-2/h34-37,39-40,47-48H,7-33H2,1-6H3. The summed E-state index contributed by atoms with van der Waals surface area (Å²) in [4.78, 5) is 75.2. The molecule has 0 fully saturated rings. The molecule has 0 spiro atoms. The summed E-state index contributed by atoms with van der Waals surface area (Å²) in [5, 5.41) is 0. The number of unbranched alkanes of at least 4 members (excludes halogenated alkanes) is 16. The lowest BCUT2D eigenvalue weighted by Gasteiger charge is -2.32. The van der Waals surface area contributed by atoms with Gasteiger partial charge in [-0.05, 0) is 39.0 Å².